The number of carbonyl (C=O) groups is 2. The topological polar surface area (TPSA) is 83.6 Å². The smallest absolute Gasteiger partial charge is 0.326 e. The lowest BCUT2D eigenvalue weighted by molar-refractivity contribution is -0.152. The first-order chi connectivity index (χ1) is 9.04. The highest BCUT2D eigenvalue weighted by atomic mass is 35.5. The zero-order valence-electron chi connectivity index (χ0n) is 11.3. The third-order valence-electron chi connectivity index (χ3n) is 3.59. The van der Waals surface area contributed by atoms with Crippen LogP contribution in [-0.2, 0) is 22.6 Å². The number of carboxylic acid groups (broad SMARTS) is 1. The van der Waals surface area contributed by atoms with Gasteiger partial charge in [-0.05, 0) is 11.1 Å². The summed E-state index contributed by atoms with van der Waals surface area (Å²) in [6.45, 7) is 2.29. The molecule has 5 nitrogen and oxygen atoms in total. The number of aliphatic carboxylic acids is 1. The normalized spacial score (nSPS) is 18.7. The van der Waals surface area contributed by atoms with Crippen molar-refractivity contribution >= 4 is 24.3 Å². The molecule has 0 aromatic heterocycles. The van der Waals surface area contributed by atoms with E-state index < -0.39 is 12.0 Å². The van der Waals surface area contributed by atoms with Gasteiger partial charge in [0.2, 0.25) is 5.91 Å². The Labute approximate surface area is 124 Å². The number of halogens is 1. The molecular weight excluding hydrogens is 280 g/mol. The summed E-state index contributed by atoms with van der Waals surface area (Å²) in [7, 11) is 0. The van der Waals surface area contributed by atoms with Gasteiger partial charge in [-0.25, -0.2) is 4.79 Å². The Morgan fingerprint density at radius 2 is 2.00 bits per heavy atom. The number of nitrogens with zero attached hydrogens (tertiary/aromatic N) is 1. The van der Waals surface area contributed by atoms with Gasteiger partial charge in [-0.2, -0.15) is 0 Å². The maximum atomic E-state index is 12.2. The number of carbonyl (C=O) groups excluding carboxylic acids is 1. The van der Waals surface area contributed by atoms with Crippen LogP contribution in [0.3, 0.4) is 0 Å². The summed E-state index contributed by atoms with van der Waals surface area (Å²) in [6, 6.07) is 6.84. The molecule has 1 aromatic rings. The van der Waals surface area contributed by atoms with Crippen LogP contribution in [0, 0.1) is 5.92 Å². The van der Waals surface area contributed by atoms with Crippen LogP contribution in [0.1, 0.15) is 18.1 Å². The Hall–Kier alpha value is -1.59. The molecule has 1 aliphatic heterocycles. The van der Waals surface area contributed by atoms with Crippen molar-refractivity contribution in [1.29, 1.82) is 0 Å². The molecule has 0 saturated carbocycles. The van der Waals surface area contributed by atoms with Gasteiger partial charge in [0.15, 0.2) is 0 Å². The molecule has 6 heteroatoms. The minimum Gasteiger partial charge on any atom is -0.480 e. The van der Waals surface area contributed by atoms with Gasteiger partial charge in [0.05, 0.1) is 0 Å². The zero-order chi connectivity index (χ0) is 14.0. The quantitative estimate of drug-likeness (QED) is 0.873. The van der Waals surface area contributed by atoms with Crippen molar-refractivity contribution in [2.75, 3.05) is 6.54 Å². The molecule has 1 amide bonds. The van der Waals surface area contributed by atoms with E-state index in [2.05, 4.69) is 0 Å². The molecule has 0 unspecified atom stereocenters. The van der Waals surface area contributed by atoms with Gasteiger partial charge in [-0.1, -0.05) is 31.2 Å². The van der Waals surface area contributed by atoms with E-state index in [4.69, 9.17) is 5.73 Å². The summed E-state index contributed by atoms with van der Waals surface area (Å²) in [5, 5.41) is 9.31. The molecule has 0 fully saturated rings. The predicted molar refractivity (Wildman–Crippen MR) is 77.6 cm³/mol. The lowest BCUT2D eigenvalue weighted by Gasteiger charge is -2.35. The number of benzene rings is 1. The van der Waals surface area contributed by atoms with Crippen molar-refractivity contribution in [3.8, 4) is 0 Å². The molecule has 0 saturated heterocycles. The number of fused-ring (bicyclic) bond motifs is 1. The molecule has 0 aliphatic carbocycles. The number of nitrogens with two attached hydrogens (primary N) is 1. The van der Waals surface area contributed by atoms with Crippen LogP contribution in [0.25, 0.3) is 0 Å². The first-order valence-electron chi connectivity index (χ1n) is 6.34. The minimum absolute atomic E-state index is 0. The molecule has 3 N–H and O–H groups in total. The van der Waals surface area contributed by atoms with Crippen LogP contribution in [-0.4, -0.2) is 34.5 Å². The SMILES string of the molecule is C[C@@H](CN)C(=O)N1Cc2ccccc2C[C@H]1C(=O)O.Cl. The van der Waals surface area contributed by atoms with Gasteiger partial charge in [0.25, 0.3) is 0 Å². The Kier molecular flexibility index (Phi) is 5.53. The summed E-state index contributed by atoms with van der Waals surface area (Å²) >= 11 is 0. The standard InChI is InChI=1S/C14H18N2O3.ClH/c1-9(7-15)13(17)16-8-11-5-3-2-4-10(11)6-12(16)14(18)19;/h2-5,9,12H,6-8,15H2,1H3,(H,18,19);1H/t9-,12-;/m0./s1. The van der Waals surface area contributed by atoms with Crippen LogP contribution >= 0.6 is 12.4 Å². The van der Waals surface area contributed by atoms with Crippen LogP contribution < -0.4 is 5.73 Å². The van der Waals surface area contributed by atoms with Crippen molar-refractivity contribution in [3.05, 3.63) is 35.4 Å². The molecule has 1 heterocycles. The fourth-order valence-electron chi connectivity index (χ4n) is 2.36. The van der Waals surface area contributed by atoms with E-state index in [-0.39, 0.29) is 30.8 Å². The van der Waals surface area contributed by atoms with E-state index in [1.165, 1.54) is 4.90 Å². The Bertz CT molecular complexity index is 507. The van der Waals surface area contributed by atoms with E-state index in [0.29, 0.717) is 13.0 Å². The predicted octanol–water partition coefficient (Wildman–Crippen LogP) is 1.04. The molecule has 2 atom stereocenters. The van der Waals surface area contributed by atoms with Crippen LogP contribution in [0.4, 0.5) is 0 Å². The van der Waals surface area contributed by atoms with Crippen molar-refractivity contribution < 1.29 is 14.7 Å². The van der Waals surface area contributed by atoms with E-state index in [1.54, 1.807) is 6.92 Å². The number of hydrogen-bond donors (Lipinski definition) is 2. The number of amides is 1. The summed E-state index contributed by atoms with van der Waals surface area (Å²) in [6.07, 6.45) is 0.356. The third kappa shape index (κ3) is 3.11. The number of rotatable bonds is 3. The lowest BCUT2D eigenvalue weighted by atomic mass is 9.93. The fourth-order valence-corrected chi connectivity index (χ4v) is 2.36. The Morgan fingerprint density at radius 1 is 1.40 bits per heavy atom. The summed E-state index contributed by atoms with van der Waals surface area (Å²) in [4.78, 5) is 25.0. The number of hydrogen-bond acceptors (Lipinski definition) is 3. The zero-order valence-corrected chi connectivity index (χ0v) is 12.1. The van der Waals surface area contributed by atoms with Gasteiger partial charge < -0.3 is 15.7 Å². The first kappa shape index (κ1) is 16.5. The average Bonchev–Trinajstić information content (AvgIpc) is 2.44. The number of carboxylic acids is 1. The second-order valence-corrected chi connectivity index (χ2v) is 4.93. The molecule has 20 heavy (non-hydrogen) atoms. The highest BCUT2D eigenvalue weighted by Gasteiger charge is 2.35. The van der Waals surface area contributed by atoms with Crippen LogP contribution in [0.5, 0.6) is 0 Å². The van der Waals surface area contributed by atoms with Crippen molar-refractivity contribution in [2.24, 2.45) is 11.7 Å². The second kappa shape index (κ2) is 6.72. The molecule has 2 rings (SSSR count). The average molecular weight is 299 g/mol. The van der Waals surface area contributed by atoms with E-state index >= 15 is 0 Å². The van der Waals surface area contributed by atoms with Gasteiger partial charge >= 0.3 is 5.97 Å². The van der Waals surface area contributed by atoms with Gasteiger partial charge in [0, 0.05) is 25.4 Å². The summed E-state index contributed by atoms with van der Waals surface area (Å²) < 4.78 is 0. The second-order valence-electron chi connectivity index (χ2n) is 4.93. The molecule has 1 aromatic carbocycles. The lowest BCUT2D eigenvalue weighted by Crippen LogP contribution is -2.51. The molecule has 110 valence electrons. The van der Waals surface area contributed by atoms with Crippen LogP contribution in [0.15, 0.2) is 24.3 Å². The fraction of sp³-hybridized carbons (Fsp3) is 0.429. The summed E-state index contributed by atoms with van der Waals surface area (Å²) in [5.74, 6) is -1.51. The first-order valence-corrected chi connectivity index (χ1v) is 6.34. The van der Waals surface area contributed by atoms with Crippen molar-refractivity contribution in [1.82, 2.24) is 4.90 Å². The highest BCUT2D eigenvalue weighted by Crippen LogP contribution is 2.24. The molecule has 0 spiro atoms. The Balaban J connectivity index is 0.00000200. The molecular formula is C14H19ClN2O3. The maximum absolute atomic E-state index is 12.2. The minimum atomic E-state index is -0.966. The monoisotopic (exact) mass is 298 g/mol. The van der Waals surface area contributed by atoms with E-state index in [9.17, 15) is 14.7 Å². The highest BCUT2D eigenvalue weighted by molar-refractivity contribution is 5.86. The van der Waals surface area contributed by atoms with Gasteiger partial charge in [0.1, 0.15) is 6.04 Å². The largest absolute Gasteiger partial charge is 0.480 e. The van der Waals surface area contributed by atoms with E-state index in [0.717, 1.165) is 11.1 Å². The van der Waals surface area contributed by atoms with Gasteiger partial charge in [-0.15, -0.1) is 12.4 Å². The molecule has 1 aliphatic rings. The van der Waals surface area contributed by atoms with Gasteiger partial charge in [-0.3, -0.25) is 4.79 Å². The Morgan fingerprint density at radius 3 is 2.55 bits per heavy atom. The summed E-state index contributed by atoms with van der Waals surface area (Å²) in [5.41, 5.74) is 7.51. The van der Waals surface area contributed by atoms with E-state index in [1.807, 2.05) is 24.3 Å². The van der Waals surface area contributed by atoms with Crippen molar-refractivity contribution in [2.45, 2.75) is 25.9 Å². The van der Waals surface area contributed by atoms with Crippen LogP contribution in [0.2, 0.25) is 0 Å². The molecule has 0 radical (unpaired) electrons. The third-order valence-corrected chi connectivity index (χ3v) is 3.59. The molecule has 0 bridgehead atoms. The van der Waals surface area contributed by atoms with Crippen molar-refractivity contribution in [3.63, 3.8) is 0 Å². The maximum Gasteiger partial charge on any atom is 0.326 e.